The number of hydrogen-bond donors (Lipinski definition) is 0. The average Bonchev–Trinajstić information content (AvgIpc) is 3.19. The van der Waals surface area contributed by atoms with E-state index in [1.165, 1.54) is 18.4 Å². The summed E-state index contributed by atoms with van der Waals surface area (Å²) < 4.78 is 5.72. The van der Waals surface area contributed by atoms with E-state index in [2.05, 4.69) is 27.9 Å². The zero-order chi connectivity index (χ0) is 13.7. The van der Waals surface area contributed by atoms with Crippen molar-refractivity contribution in [3.8, 4) is 11.6 Å². The first-order valence-electron chi connectivity index (χ1n) is 6.91. The van der Waals surface area contributed by atoms with Crippen molar-refractivity contribution in [2.75, 3.05) is 0 Å². The number of hydrogen-bond acceptors (Lipinski definition) is 4. The Bertz CT molecular complexity index is 803. The molecule has 0 unspecified atom stereocenters. The van der Waals surface area contributed by atoms with Crippen LogP contribution in [-0.4, -0.2) is 15.0 Å². The van der Waals surface area contributed by atoms with Crippen LogP contribution in [0.3, 0.4) is 0 Å². The fourth-order valence-electron chi connectivity index (χ4n) is 2.49. The summed E-state index contributed by atoms with van der Waals surface area (Å²) in [4.78, 5) is 13.3. The first-order chi connectivity index (χ1) is 9.70. The lowest BCUT2D eigenvalue weighted by molar-refractivity contribution is 0.604. The molecule has 0 aliphatic heterocycles. The summed E-state index contributed by atoms with van der Waals surface area (Å²) in [5.41, 5.74) is 5.68. The van der Waals surface area contributed by atoms with Gasteiger partial charge in [0.15, 0.2) is 0 Å². The van der Waals surface area contributed by atoms with Crippen molar-refractivity contribution in [3.05, 3.63) is 41.2 Å². The smallest absolute Gasteiger partial charge is 0.248 e. The van der Waals surface area contributed by atoms with Crippen LogP contribution in [0.2, 0.25) is 0 Å². The van der Waals surface area contributed by atoms with Gasteiger partial charge in [-0.15, -0.1) is 0 Å². The molecule has 0 atom stereocenters. The molecule has 1 saturated carbocycles. The Balaban J connectivity index is 1.81. The maximum absolute atomic E-state index is 5.72. The van der Waals surface area contributed by atoms with Crippen molar-refractivity contribution < 1.29 is 4.42 Å². The lowest BCUT2D eigenvalue weighted by Crippen LogP contribution is -1.91. The van der Waals surface area contributed by atoms with Gasteiger partial charge in [0.2, 0.25) is 11.6 Å². The number of nitrogens with zero attached hydrogens (tertiary/aromatic N) is 3. The monoisotopic (exact) mass is 265 g/mol. The molecule has 3 heterocycles. The zero-order valence-electron chi connectivity index (χ0n) is 11.6. The molecule has 0 N–H and O–H groups in total. The highest BCUT2D eigenvalue weighted by Crippen LogP contribution is 2.40. The molecule has 0 spiro atoms. The molecule has 4 nitrogen and oxygen atoms in total. The van der Waals surface area contributed by atoms with Gasteiger partial charge >= 0.3 is 0 Å². The first-order valence-corrected chi connectivity index (χ1v) is 6.91. The Morgan fingerprint density at radius 1 is 1.10 bits per heavy atom. The largest absolute Gasteiger partial charge is 0.416 e. The SMILES string of the molecule is Cc1cnc2oc(-c3ncc(C4CC4)cc3C)nc2c1. The van der Waals surface area contributed by atoms with Gasteiger partial charge in [0, 0.05) is 12.4 Å². The van der Waals surface area contributed by atoms with Crippen LogP contribution in [0.25, 0.3) is 22.8 Å². The van der Waals surface area contributed by atoms with Crippen LogP contribution in [0.4, 0.5) is 0 Å². The summed E-state index contributed by atoms with van der Waals surface area (Å²) in [6.45, 7) is 4.05. The topological polar surface area (TPSA) is 51.8 Å². The third kappa shape index (κ3) is 1.88. The number of fused-ring (bicyclic) bond motifs is 1. The molecule has 4 rings (SSSR count). The molecule has 1 aliphatic rings. The minimum atomic E-state index is 0.554. The van der Waals surface area contributed by atoms with Crippen molar-refractivity contribution in [2.24, 2.45) is 0 Å². The molecule has 0 amide bonds. The van der Waals surface area contributed by atoms with Gasteiger partial charge in [-0.1, -0.05) is 6.07 Å². The summed E-state index contributed by atoms with van der Waals surface area (Å²) >= 11 is 0. The van der Waals surface area contributed by atoms with Crippen molar-refractivity contribution in [1.29, 1.82) is 0 Å². The third-order valence-electron chi connectivity index (χ3n) is 3.74. The molecular formula is C16H15N3O. The molecule has 0 saturated heterocycles. The van der Waals surface area contributed by atoms with Gasteiger partial charge in [-0.05, 0) is 55.4 Å². The predicted molar refractivity (Wildman–Crippen MR) is 76.5 cm³/mol. The number of pyridine rings is 2. The predicted octanol–water partition coefficient (Wildman–Crippen LogP) is 3.78. The lowest BCUT2D eigenvalue weighted by Gasteiger charge is -2.03. The number of oxazole rings is 1. The standard InChI is InChI=1S/C16H15N3O/c1-9-5-13-15(18-7-9)20-16(19-13)14-10(2)6-12(8-17-14)11-3-4-11/h5-8,11H,3-4H2,1-2H3. The maximum Gasteiger partial charge on any atom is 0.248 e. The van der Waals surface area contributed by atoms with Crippen molar-refractivity contribution in [1.82, 2.24) is 15.0 Å². The van der Waals surface area contributed by atoms with E-state index in [-0.39, 0.29) is 0 Å². The quantitative estimate of drug-likeness (QED) is 0.707. The summed E-state index contributed by atoms with van der Waals surface area (Å²) in [5, 5.41) is 0. The lowest BCUT2D eigenvalue weighted by atomic mass is 10.1. The molecule has 20 heavy (non-hydrogen) atoms. The van der Waals surface area contributed by atoms with E-state index in [0.717, 1.165) is 22.3 Å². The van der Waals surface area contributed by atoms with Crippen LogP contribution >= 0.6 is 0 Å². The highest BCUT2D eigenvalue weighted by molar-refractivity contribution is 5.72. The molecule has 100 valence electrons. The van der Waals surface area contributed by atoms with Gasteiger partial charge in [-0.25, -0.2) is 9.97 Å². The Labute approximate surface area is 116 Å². The second-order valence-electron chi connectivity index (χ2n) is 5.56. The second kappa shape index (κ2) is 4.13. The average molecular weight is 265 g/mol. The van der Waals surface area contributed by atoms with Gasteiger partial charge < -0.3 is 4.42 Å². The molecule has 0 bridgehead atoms. The summed E-state index contributed by atoms with van der Waals surface area (Å²) in [6, 6.07) is 4.18. The Kier molecular flexibility index (Phi) is 2.39. The van der Waals surface area contributed by atoms with E-state index in [1.54, 1.807) is 6.20 Å². The van der Waals surface area contributed by atoms with Crippen LogP contribution in [0, 0.1) is 13.8 Å². The van der Waals surface area contributed by atoms with Crippen molar-refractivity contribution in [3.63, 3.8) is 0 Å². The minimum Gasteiger partial charge on any atom is -0.416 e. The normalized spacial score (nSPS) is 14.9. The Hall–Kier alpha value is -2.23. The van der Waals surface area contributed by atoms with Crippen molar-refractivity contribution >= 4 is 11.2 Å². The van der Waals surface area contributed by atoms with E-state index in [1.807, 2.05) is 19.2 Å². The highest BCUT2D eigenvalue weighted by atomic mass is 16.4. The molecule has 1 aliphatic carbocycles. The minimum absolute atomic E-state index is 0.554. The van der Waals surface area contributed by atoms with E-state index in [9.17, 15) is 0 Å². The summed E-state index contributed by atoms with van der Waals surface area (Å²) in [7, 11) is 0. The van der Waals surface area contributed by atoms with Gasteiger partial charge in [-0.3, -0.25) is 4.98 Å². The molecule has 3 aromatic rings. The molecule has 3 aromatic heterocycles. The second-order valence-corrected chi connectivity index (χ2v) is 5.56. The Morgan fingerprint density at radius 2 is 1.95 bits per heavy atom. The van der Waals surface area contributed by atoms with Crippen LogP contribution in [0.5, 0.6) is 0 Å². The van der Waals surface area contributed by atoms with E-state index in [4.69, 9.17) is 4.42 Å². The van der Waals surface area contributed by atoms with Gasteiger partial charge in [0.1, 0.15) is 11.2 Å². The van der Waals surface area contributed by atoms with E-state index in [0.29, 0.717) is 17.5 Å². The molecule has 4 heteroatoms. The van der Waals surface area contributed by atoms with Crippen molar-refractivity contribution in [2.45, 2.75) is 32.6 Å². The first kappa shape index (κ1) is 11.6. The fourth-order valence-corrected chi connectivity index (χ4v) is 2.49. The summed E-state index contributed by atoms with van der Waals surface area (Å²) in [6.07, 6.45) is 6.31. The molecule has 0 radical (unpaired) electrons. The number of aryl methyl sites for hydroxylation is 2. The van der Waals surface area contributed by atoms with E-state index < -0.39 is 0 Å². The maximum atomic E-state index is 5.72. The van der Waals surface area contributed by atoms with Crippen LogP contribution in [0.15, 0.2) is 28.9 Å². The van der Waals surface area contributed by atoms with Gasteiger partial charge in [0.25, 0.3) is 0 Å². The molecule has 1 fully saturated rings. The van der Waals surface area contributed by atoms with Gasteiger partial charge in [0.05, 0.1) is 0 Å². The number of aromatic nitrogens is 3. The van der Waals surface area contributed by atoms with Crippen LogP contribution in [0.1, 0.15) is 35.4 Å². The fraction of sp³-hybridized carbons (Fsp3) is 0.312. The van der Waals surface area contributed by atoms with Crippen LogP contribution in [-0.2, 0) is 0 Å². The third-order valence-corrected chi connectivity index (χ3v) is 3.74. The van der Waals surface area contributed by atoms with Gasteiger partial charge in [-0.2, -0.15) is 0 Å². The summed E-state index contributed by atoms with van der Waals surface area (Å²) in [5.74, 6) is 1.26. The zero-order valence-corrected chi connectivity index (χ0v) is 11.6. The number of rotatable bonds is 2. The van der Waals surface area contributed by atoms with E-state index >= 15 is 0 Å². The molecule has 0 aromatic carbocycles. The highest BCUT2D eigenvalue weighted by Gasteiger charge is 2.24. The Morgan fingerprint density at radius 3 is 2.70 bits per heavy atom. The molecular weight excluding hydrogens is 250 g/mol. The van der Waals surface area contributed by atoms with Crippen LogP contribution < -0.4 is 0 Å².